The minimum Gasteiger partial charge on any atom is -0.335 e. The Morgan fingerprint density at radius 1 is 1.21 bits per heavy atom. The fraction of sp³-hybridized carbons (Fsp3) is 0.417. The van der Waals surface area contributed by atoms with E-state index in [4.69, 9.17) is 0 Å². The van der Waals surface area contributed by atoms with Crippen LogP contribution in [0.25, 0.3) is 0 Å². The fourth-order valence-electron chi connectivity index (χ4n) is 2.53. The van der Waals surface area contributed by atoms with Crippen LogP contribution < -0.4 is 0 Å². The normalized spacial score (nSPS) is 28.7. The molecule has 4 rings (SSSR count). The maximum atomic E-state index is 12.0. The van der Waals surface area contributed by atoms with Crippen LogP contribution >= 0.6 is 0 Å². The Balaban J connectivity index is 1.83. The molecule has 1 saturated carbocycles. The Labute approximate surface area is 83.5 Å². The molecule has 3 aliphatic rings. The monoisotopic (exact) mass is 187 g/mol. The Morgan fingerprint density at radius 2 is 1.93 bits per heavy atom. The molecule has 0 radical (unpaired) electrons. The molecule has 3 fully saturated rings. The first kappa shape index (κ1) is 8.04. The number of fused-ring (bicyclic) bond motifs is 1. The van der Waals surface area contributed by atoms with Crippen LogP contribution in [0.2, 0.25) is 0 Å². The lowest BCUT2D eigenvalue weighted by molar-refractivity contribution is 0.0751. The van der Waals surface area contributed by atoms with Gasteiger partial charge in [-0.2, -0.15) is 0 Å². The fourth-order valence-corrected chi connectivity index (χ4v) is 2.53. The number of carbonyl (C=O) groups is 1. The molecular formula is C12H13NO. The topological polar surface area (TPSA) is 20.3 Å². The Hall–Kier alpha value is -1.31. The first-order valence-electron chi connectivity index (χ1n) is 5.20. The van der Waals surface area contributed by atoms with Gasteiger partial charge in [-0.25, -0.2) is 0 Å². The summed E-state index contributed by atoms with van der Waals surface area (Å²) in [7, 11) is 0. The third-order valence-corrected chi connectivity index (χ3v) is 3.39. The van der Waals surface area contributed by atoms with E-state index in [1.54, 1.807) is 0 Å². The quantitative estimate of drug-likeness (QED) is 0.657. The first-order chi connectivity index (χ1) is 6.84. The lowest BCUT2D eigenvalue weighted by Crippen LogP contribution is -2.34. The second kappa shape index (κ2) is 2.84. The highest BCUT2D eigenvalue weighted by molar-refractivity contribution is 5.94. The number of hydrogen-bond donors (Lipinski definition) is 0. The summed E-state index contributed by atoms with van der Waals surface area (Å²) in [5, 5.41) is 0. The summed E-state index contributed by atoms with van der Waals surface area (Å²) in [6.07, 6.45) is 2.47. The van der Waals surface area contributed by atoms with E-state index in [1.807, 2.05) is 35.2 Å². The largest absolute Gasteiger partial charge is 0.335 e. The number of nitrogens with zero attached hydrogens (tertiary/aromatic N) is 1. The van der Waals surface area contributed by atoms with Crippen molar-refractivity contribution < 1.29 is 4.79 Å². The Kier molecular flexibility index (Phi) is 1.63. The van der Waals surface area contributed by atoms with E-state index < -0.39 is 0 Å². The van der Waals surface area contributed by atoms with Gasteiger partial charge in [0.15, 0.2) is 0 Å². The maximum absolute atomic E-state index is 12.0. The molecule has 2 saturated heterocycles. The van der Waals surface area contributed by atoms with Crippen LogP contribution in [-0.2, 0) is 0 Å². The van der Waals surface area contributed by atoms with Crippen LogP contribution in [-0.4, -0.2) is 23.4 Å². The van der Waals surface area contributed by atoms with E-state index in [1.165, 1.54) is 12.8 Å². The van der Waals surface area contributed by atoms with Gasteiger partial charge in [0.2, 0.25) is 0 Å². The molecule has 2 aliphatic heterocycles. The maximum Gasteiger partial charge on any atom is 0.254 e. The SMILES string of the molecule is O=C(c1ccccc1)N1CC2CC1C2. The summed E-state index contributed by atoms with van der Waals surface area (Å²) < 4.78 is 0. The van der Waals surface area contributed by atoms with Crippen molar-refractivity contribution in [3.63, 3.8) is 0 Å². The zero-order chi connectivity index (χ0) is 9.54. The molecule has 2 heterocycles. The van der Waals surface area contributed by atoms with Crippen molar-refractivity contribution in [3.8, 4) is 0 Å². The first-order valence-corrected chi connectivity index (χ1v) is 5.20. The average Bonchev–Trinajstić information content (AvgIpc) is 2.76. The molecule has 0 N–H and O–H groups in total. The van der Waals surface area contributed by atoms with Crippen molar-refractivity contribution in [2.45, 2.75) is 18.9 Å². The molecule has 2 nitrogen and oxygen atoms in total. The van der Waals surface area contributed by atoms with Gasteiger partial charge in [0.05, 0.1) is 0 Å². The molecule has 1 aliphatic carbocycles. The minimum atomic E-state index is 0.218. The van der Waals surface area contributed by atoms with Crippen LogP contribution in [0, 0.1) is 5.92 Å². The van der Waals surface area contributed by atoms with Crippen molar-refractivity contribution in [2.75, 3.05) is 6.54 Å². The van der Waals surface area contributed by atoms with Gasteiger partial charge in [-0.15, -0.1) is 0 Å². The van der Waals surface area contributed by atoms with E-state index in [0.29, 0.717) is 6.04 Å². The number of rotatable bonds is 1. The lowest BCUT2D eigenvalue weighted by Gasteiger charge is -2.25. The predicted octanol–water partition coefficient (Wildman–Crippen LogP) is 1.92. The van der Waals surface area contributed by atoms with Gasteiger partial charge >= 0.3 is 0 Å². The van der Waals surface area contributed by atoms with Gasteiger partial charge in [0.1, 0.15) is 0 Å². The van der Waals surface area contributed by atoms with Crippen LogP contribution in [0.5, 0.6) is 0 Å². The number of benzene rings is 1. The van der Waals surface area contributed by atoms with E-state index in [-0.39, 0.29) is 5.91 Å². The molecule has 0 spiro atoms. The van der Waals surface area contributed by atoms with Crippen molar-refractivity contribution in [1.82, 2.24) is 4.90 Å². The van der Waals surface area contributed by atoms with E-state index in [0.717, 1.165) is 18.0 Å². The van der Waals surface area contributed by atoms with Gasteiger partial charge in [0.25, 0.3) is 5.91 Å². The highest BCUT2D eigenvalue weighted by atomic mass is 16.2. The highest BCUT2D eigenvalue weighted by Crippen LogP contribution is 2.41. The molecule has 1 amide bonds. The summed E-state index contributed by atoms with van der Waals surface area (Å²) in [6.45, 7) is 0.985. The van der Waals surface area contributed by atoms with Crippen molar-refractivity contribution in [1.29, 1.82) is 0 Å². The van der Waals surface area contributed by atoms with Crippen LogP contribution in [0.15, 0.2) is 30.3 Å². The number of amides is 1. The summed E-state index contributed by atoms with van der Waals surface area (Å²) in [6, 6.07) is 10.1. The molecular weight excluding hydrogens is 174 g/mol. The third kappa shape index (κ3) is 1.07. The second-order valence-electron chi connectivity index (χ2n) is 4.31. The number of hydrogen-bond acceptors (Lipinski definition) is 1. The van der Waals surface area contributed by atoms with Crippen LogP contribution in [0.1, 0.15) is 23.2 Å². The standard InChI is InChI=1S/C12H13NO/c14-12(10-4-2-1-3-5-10)13-8-9-6-11(13)7-9/h1-5,9,11H,6-8H2. The van der Waals surface area contributed by atoms with E-state index in [9.17, 15) is 4.79 Å². The van der Waals surface area contributed by atoms with Crippen LogP contribution in [0.3, 0.4) is 0 Å². The zero-order valence-electron chi connectivity index (χ0n) is 8.02. The van der Waals surface area contributed by atoms with Gasteiger partial charge in [0, 0.05) is 18.2 Å². The van der Waals surface area contributed by atoms with Gasteiger partial charge in [-0.3, -0.25) is 4.79 Å². The van der Waals surface area contributed by atoms with Crippen molar-refractivity contribution in [2.24, 2.45) is 5.92 Å². The Morgan fingerprint density at radius 3 is 2.50 bits per heavy atom. The molecule has 72 valence electrons. The van der Waals surface area contributed by atoms with Gasteiger partial charge in [-0.1, -0.05) is 18.2 Å². The second-order valence-corrected chi connectivity index (χ2v) is 4.31. The third-order valence-electron chi connectivity index (χ3n) is 3.39. The molecule has 14 heavy (non-hydrogen) atoms. The zero-order valence-corrected chi connectivity index (χ0v) is 8.02. The Bertz CT molecular complexity index is 354. The summed E-state index contributed by atoms with van der Waals surface area (Å²) in [4.78, 5) is 14.1. The van der Waals surface area contributed by atoms with Crippen molar-refractivity contribution in [3.05, 3.63) is 35.9 Å². The van der Waals surface area contributed by atoms with Crippen LogP contribution in [0.4, 0.5) is 0 Å². The van der Waals surface area contributed by atoms with E-state index >= 15 is 0 Å². The van der Waals surface area contributed by atoms with Gasteiger partial charge in [-0.05, 0) is 30.9 Å². The molecule has 1 aromatic rings. The lowest BCUT2D eigenvalue weighted by atomic mass is 9.86. The highest BCUT2D eigenvalue weighted by Gasteiger charge is 2.44. The molecule has 2 heteroatoms. The van der Waals surface area contributed by atoms with Gasteiger partial charge < -0.3 is 4.90 Å². The molecule has 0 unspecified atom stereocenters. The minimum absolute atomic E-state index is 0.218. The summed E-state index contributed by atoms with van der Waals surface area (Å²) >= 11 is 0. The molecule has 2 bridgehead atoms. The molecule has 1 aromatic carbocycles. The summed E-state index contributed by atoms with van der Waals surface area (Å²) in [5.74, 6) is 1.02. The smallest absolute Gasteiger partial charge is 0.254 e. The summed E-state index contributed by atoms with van der Waals surface area (Å²) in [5.41, 5.74) is 0.833. The number of carbonyl (C=O) groups excluding carboxylic acids is 1. The molecule has 0 atom stereocenters. The predicted molar refractivity (Wildman–Crippen MR) is 54.0 cm³/mol. The average molecular weight is 187 g/mol. The molecule has 0 aromatic heterocycles. The van der Waals surface area contributed by atoms with Crippen molar-refractivity contribution >= 4 is 5.91 Å². The van der Waals surface area contributed by atoms with E-state index in [2.05, 4.69) is 0 Å².